The molecule has 1 N–H and O–H groups in total. The molecule has 2 aromatic heterocycles. The average molecular weight is 267 g/mol. The van der Waals surface area contributed by atoms with E-state index in [4.69, 9.17) is 4.42 Å². The number of aryl methyl sites for hydroxylation is 2. The highest BCUT2D eigenvalue weighted by Crippen LogP contribution is 2.25. The molecule has 4 nitrogen and oxygen atoms in total. The van der Waals surface area contributed by atoms with Crippen LogP contribution in [0, 0.1) is 11.3 Å². The Morgan fingerprint density at radius 1 is 1.50 bits per heavy atom. The summed E-state index contributed by atoms with van der Waals surface area (Å²) in [6.07, 6.45) is 5.65. The summed E-state index contributed by atoms with van der Waals surface area (Å²) in [5.74, 6) is 1.64. The van der Waals surface area contributed by atoms with Crippen LogP contribution in [0.25, 0.3) is 0 Å². The lowest BCUT2D eigenvalue weighted by Crippen LogP contribution is -2.20. The maximum atomic E-state index is 9.27. The van der Waals surface area contributed by atoms with Crippen molar-refractivity contribution in [2.75, 3.05) is 5.32 Å². The minimum Gasteiger partial charge on any atom is -0.469 e. The number of nitrogens with zero attached hydrogens (tertiary/aromatic N) is 2. The Hall–Kier alpha value is -2.28. The Bertz CT molecular complexity index is 640. The highest BCUT2D eigenvalue weighted by molar-refractivity contribution is 5.55. The summed E-state index contributed by atoms with van der Waals surface area (Å²) in [5, 5.41) is 12.6. The predicted octanol–water partition coefficient (Wildman–Crippen LogP) is 3.08. The van der Waals surface area contributed by atoms with Crippen molar-refractivity contribution in [1.82, 2.24) is 4.98 Å². The molecule has 0 amide bonds. The summed E-state index contributed by atoms with van der Waals surface area (Å²) in [4.78, 5) is 4.63. The fraction of sp³-hybridized carbons (Fsp3) is 0.375. The number of rotatable bonds is 4. The van der Waals surface area contributed by atoms with Gasteiger partial charge in [-0.25, -0.2) is 4.98 Å². The number of aromatic nitrogens is 1. The average Bonchev–Trinajstić information content (AvgIpc) is 3.08. The Labute approximate surface area is 118 Å². The van der Waals surface area contributed by atoms with E-state index in [-0.39, 0.29) is 6.04 Å². The molecule has 2 aromatic rings. The van der Waals surface area contributed by atoms with Gasteiger partial charge in [-0.3, -0.25) is 0 Å². The lowest BCUT2D eigenvalue weighted by atomic mass is 10.1. The first-order valence-corrected chi connectivity index (χ1v) is 6.98. The van der Waals surface area contributed by atoms with Crippen molar-refractivity contribution in [3.05, 3.63) is 47.0 Å². The van der Waals surface area contributed by atoms with Crippen LogP contribution in [0.1, 0.15) is 35.9 Å². The smallest absolute Gasteiger partial charge is 0.144 e. The molecule has 2 heterocycles. The number of pyridine rings is 1. The topological polar surface area (TPSA) is 61.9 Å². The molecule has 0 saturated heterocycles. The third-order valence-electron chi connectivity index (χ3n) is 3.64. The molecule has 1 unspecified atom stereocenters. The highest BCUT2D eigenvalue weighted by Gasteiger charge is 2.17. The third-order valence-corrected chi connectivity index (χ3v) is 3.64. The monoisotopic (exact) mass is 267 g/mol. The largest absolute Gasteiger partial charge is 0.469 e. The van der Waals surface area contributed by atoms with E-state index >= 15 is 0 Å². The summed E-state index contributed by atoms with van der Waals surface area (Å²) in [5.41, 5.74) is 3.00. The molecule has 0 aromatic carbocycles. The molecule has 0 bridgehead atoms. The second-order valence-electron chi connectivity index (χ2n) is 5.28. The molecular formula is C16H17N3O. The quantitative estimate of drug-likeness (QED) is 0.924. The maximum absolute atomic E-state index is 9.27. The van der Waals surface area contributed by atoms with Crippen LogP contribution in [-0.2, 0) is 19.3 Å². The number of furan rings is 1. The van der Waals surface area contributed by atoms with E-state index in [9.17, 15) is 5.26 Å². The van der Waals surface area contributed by atoms with Gasteiger partial charge in [-0.15, -0.1) is 0 Å². The van der Waals surface area contributed by atoms with Crippen molar-refractivity contribution in [1.29, 1.82) is 5.26 Å². The van der Waals surface area contributed by atoms with Crippen molar-refractivity contribution in [3.8, 4) is 6.07 Å². The van der Waals surface area contributed by atoms with Crippen molar-refractivity contribution in [2.24, 2.45) is 0 Å². The van der Waals surface area contributed by atoms with E-state index < -0.39 is 0 Å². The molecule has 1 aliphatic carbocycles. The Balaban J connectivity index is 1.78. The fourth-order valence-electron chi connectivity index (χ4n) is 2.68. The summed E-state index contributed by atoms with van der Waals surface area (Å²) in [7, 11) is 0. The van der Waals surface area contributed by atoms with Crippen molar-refractivity contribution in [2.45, 2.75) is 38.6 Å². The minimum atomic E-state index is 0.167. The molecule has 3 rings (SSSR count). The number of anilines is 1. The lowest BCUT2D eigenvalue weighted by molar-refractivity contribution is 0.497. The molecule has 1 atom stereocenters. The predicted molar refractivity (Wildman–Crippen MR) is 76.5 cm³/mol. The van der Waals surface area contributed by atoms with Gasteiger partial charge in [0.1, 0.15) is 17.6 Å². The van der Waals surface area contributed by atoms with Gasteiger partial charge < -0.3 is 9.73 Å². The number of hydrogen-bond acceptors (Lipinski definition) is 4. The number of nitriles is 1. The molecule has 0 saturated carbocycles. The van der Waals surface area contributed by atoms with Crippen LogP contribution in [0.2, 0.25) is 0 Å². The summed E-state index contributed by atoms with van der Waals surface area (Å²) in [6, 6.07) is 8.23. The van der Waals surface area contributed by atoms with Crippen molar-refractivity contribution in [3.63, 3.8) is 0 Å². The minimum absolute atomic E-state index is 0.167. The van der Waals surface area contributed by atoms with Crippen LogP contribution in [0.15, 0.2) is 28.9 Å². The summed E-state index contributed by atoms with van der Waals surface area (Å²) in [6.45, 7) is 2.07. The zero-order valence-corrected chi connectivity index (χ0v) is 11.5. The molecule has 0 aliphatic heterocycles. The molecule has 0 radical (unpaired) electrons. The fourth-order valence-corrected chi connectivity index (χ4v) is 2.68. The molecule has 102 valence electrons. The lowest BCUT2D eigenvalue weighted by Gasteiger charge is -2.15. The van der Waals surface area contributed by atoms with Gasteiger partial charge in [-0.2, -0.15) is 5.26 Å². The highest BCUT2D eigenvalue weighted by atomic mass is 16.3. The second-order valence-corrected chi connectivity index (χ2v) is 5.28. The third kappa shape index (κ3) is 2.53. The first-order chi connectivity index (χ1) is 9.76. The van der Waals surface area contributed by atoms with Crippen LogP contribution in [0.3, 0.4) is 0 Å². The van der Waals surface area contributed by atoms with Crippen LogP contribution < -0.4 is 5.32 Å². The first-order valence-electron chi connectivity index (χ1n) is 6.98. The maximum Gasteiger partial charge on any atom is 0.144 e. The van der Waals surface area contributed by atoms with E-state index in [0.29, 0.717) is 11.4 Å². The van der Waals surface area contributed by atoms with E-state index in [2.05, 4.69) is 23.3 Å². The van der Waals surface area contributed by atoms with Gasteiger partial charge in [0.25, 0.3) is 0 Å². The van der Waals surface area contributed by atoms with Crippen LogP contribution in [0.5, 0.6) is 0 Å². The van der Waals surface area contributed by atoms with Crippen LogP contribution >= 0.6 is 0 Å². The summed E-state index contributed by atoms with van der Waals surface area (Å²) < 4.78 is 5.35. The van der Waals surface area contributed by atoms with Crippen LogP contribution in [0.4, 0.5) is 5.82 Å². The zero-order chi connectivity index (χ0) is 13.9. The van der Waals surface area contributed by atoms with Crippen molar-refractivity contribution < 1.29 is 4.42 Å². The van der Waals surface area contributed by atoms with E-state index in [0.717, 1.165) is 37.1 Å². The van der Waals surface area contributed by atoms with Gasteiger partial charge in [0.05, 0.1) is 11.8 Å². The second kappa shape index (κ2) is 5.38. The zero-order valence-electron chi connectivity index (χ0n) is 11.5. The van der Waals surface area contributed by atoms with E-state index in [1.807, 2.05) is 18.2 Å². The normalized spacial score (nSPS) is 14.6. The number of hydrogen-bond donors (Lipinski definition) is 1. The number of nitrogens with one attached hydrogen (secondary N) is 1. The Morgan fingerprint density at radius 2 is 2.40 bits per heavy atom. The first kappa shape index (κ1) is 12.7. The summed E-state index contributed by atoms with van der Waals surface area (Å²) >= 11 is 0. The van der Waals surface area contributed by atoms with Crippen molar-refractivity contribution >= 4 is 5.82 Å². The SMILES string of the molecule is CC(Cc1ccco1)Nc1nc2c(cc1C#N)CCC2. The van der Waals surface area contributed by atoms with Gasteiger partial charge in [-0.05, 0) is 49.9 Å². The molecular weight excluding hydrogens is 250 g/mol. The van der Waals surface area contributed by atoms with Gasteiger partial charge >= 0.3 is 0 Å². The molecule has 0 fully saturated rings. The molecule has 4 heteroatoms. The van der Waals surface area contributed by atoms with Gasteiger partial charge in [0.2, 0.25) is 0 Å². The Morgan fingerprint density at radius 3 is 3.15 bits per heavy atom. The van der Waals surface area contributed by atoms with Gasteiger partial charge in [0.15, 0.2) is 0 Å². The molecule has 0 spiro atoms. The van der Waals surface area contributed by atoms with Crippen LogP contribution in [-0.4, -0.2) is 11.0 Å². The van der Waals surface area contributed by atoms with Gasteiger partial charge in [-0.1, -0.05) is 0 Å². The van der Waals surface area contributed by atoms with E-state index in [1.54, 1.807) is 6.26 Å². The number of fused-ring (bicyclic) bond motifs is 1. The molecule has 1 aliphatic rings. The van der Waals surface area contributed by atoms with E-state index in [1.165, 1.54) is 5.56 Å². The van der Waals surface area contributed by atoms with Gasteiger partial charge in [0, 0.05) is 18.2 Å². The standard InChI is InChI=1S/C16H17N3O/c1-11(8-14-5-3-7-20-14)18-16-13(10-17)9-12-4-2-6-15(12)19-16/h3,5,7,9,11H,2,4,6,8H2,1H3,(H,18,19). The Kier molecular flexibility index (Phi) is 3.42. The molecule has 20 heavy (non-hydrogen) atoms.